The minimum atomic E-state index is -0.502. The van der Waals surface area contributed by atoms with Crippen molar-refractivity contribution < 1.29 is 9.53 Å². The Hall–Kier alpha value is -2.17. The number of carbonyl (C=O) groups is 1. The summed E-state index contributed by atoms with van der Waals surface area (Å²) in [5, 5.41) is 5.62. The molecule has 0 aliphatic carbocycles. The van der Waals surface area contributed by atoms with Gasteiger partial charge in [-0.3, -0.25) is 9.59 Å². The van der Waals surface area contributed by atoms with Gasteiger partial charge in [0.2, 0.25) is 0 Å². The first kappa shape index (κ1) is 14.2. The van der Waals surface area contributed by atoms with Gasteiger partial charge in [-0.05, 0) is 26.8 Å². The average Bonchev–Trinajstić information content (AvgIpc) is 2.47. The van der Waals surface area contributed by atoms with Crippen molar-refractivity contribution in [2.75, 3.05) is 6.61 Å². The van der Waals surface area contributed by atoms with Gasteiger partial charge >= 0.3 is 5.97 Å². The van der Waals surface area contributed by atoms with Gasteiger partial charge in [0.15, 0.2) is 0 Å². The third-order valence-corrected chi connectivity index (χ3v) is 3.25. The molecule has 0 radical (unpaired) electrons. The van der Waals surface area contributed by atoms with E-state index >= 15 is 0 Å². The summed E-state index contributed by atoms with van der Waals surface area (Å²) in [5.74, 6) is -0.829. The molecule has 106 valence electrons. The van der Waals surface area contributed by atoms with Crippen molar-refractivity contribution >= 4 is 16.7 Å². The van der Waals surface area contributed by atoms with Crippen LogP contribution in [0.5, 0.6) is 0 Å². The summed E-state index contributed by atoms with van der Waals surface area (Å²) in [4.78, 5) is 24.1. The summed E-state index contributed by atoms with van der Waals surface area (Å²) in [6.07, 6.45) is 0. The fraction of sp³-hybridized carbons (Fsp3) is 0.400. The number of fused-ring (bicyclic) bond motifs is 1. The molecule has 0 N–H and O–H groups in total. The molecule has 0 unspecified atom stereocenters. The highest BCUT2D eigenvalue weighted by Gasteiger charge is 2.22. The maximum Gasteiger partial charge on any atom is 0.314 e. The molecular weight excluding hydrogens is 256 g/mol. The number of benzene rings is 1. The number of hydrogen-bond donors (Lipinski definition) is 0. The predicted octanol–water partition coefficient (Wildman–Crippen LogP) is 2.08. The highest BCUT2D eigenvalue weighted by Crippen LogP contribution is 2.22. The van der Waals surface area contributed by atoms with E-state index in [9.17, 15) is 9.59 Å². The van der Waals surface area contributed by atoms with E-state index in [-0.39, 0.29) is 11.5 Å². The van der Waals surface area contributed by atoms with Crippen LogP contribution in [0.2, 0.25) is 0 Å². The molecule has 5 heteroatoms. The monoisotopic (exact) mass is 274 g/mol. The van der Waals surface area contributed by atoms with Crippen LogP contribution >= 0.6 is 0 Å². The second-order valence-corrected chi connectivity index (χ2v) is 4.53. The van der Waals surface area contributed by atoms with Gasteiger partial charge in [-0.2, -0.15) is 5.10 Å². The van der Waals surface area contributed by atoms with Gasteiger partial charge in [0.1, 0.15) is 0 Å². The fourth-order valence-electron chi connectivity index (χ4n) is 2.17. The Morgan fingerprint density at radius 1 is 1.30 bits per heavy atom. The molecule has 2 aromatic rings. The summed E-state index contributed by atoms with van der Waals surface area (Å²) < 4.78 is 6.43. The minimum absolute atomic E-state index is 0.136. The van der Waals surface area contributed by atoms with Crippen molar-refractivity contribution in [1.29, 1.82) is 0 Å². The lowest BCUT2D eigenvalue weighted by atomic mass is 10.0. The van der Waals surface area contributed by atoms with E-state index < -0.39 is 5.92 Å². The van der Waals surface area contributed by atoms with Crippen LogP contribution in [0.3, 0.4) is 0 Å². The third-order valence-electron chi connectivity index (χ3n) is 3.25. The first-order chi connectivity index (χ1) is 9.60. The molecule has 2 rings (SSSR count). The smallest absolute Gasteiger partial charge is 0.314 e. The molecule has 0 aliphatic heterocycles. The molecule has 1 aromatic heterocycles. The number of esters is 1. The molecule has 20 heavy (non-hydrogen) atoms. The van der Waals surface area contributed by atoms with E-state index in [2.05, 4.69) is 5.10 Å². The summed E-state index contributed by atoms with van der Waals surface area (Å²) in [5.41, 5.74) is 0.448. The molecule has 0 saturated heterocycles. The van der Waals surface area contributed by atoms with E-state index in [1.807, 2.05) is 25.1 Å². The van der Waals surface area contributed by atoms with Crippen molar-refractivity contribution in [2.45, 2.75) is 33.2 Å². The minimum Gasteiger partial charge on any atom is -0.465 e. The highest BCUT2D eigenvalue weighted by molar-refractivity contribution is 5.89. The topological polar surface area (TPSA) is 61.2 Å². The fourth-order valence-corrected chi connectivity index (χ4v) is 2.17. The van der Waals surface area contributed by atoms with E-state index in [1.54, 1.807) is 19.9 Å². The molecule has 0 spiro atoms. The second kappa shape index (κ2) is 5.86. The lowest BCUT2D eigenvalue weighted by Crippen LogP contribution is -2.26. The molecule has 1 heterocycles. The highest BCUT2D eigenvalue weighted by atomic mass is 16.5. The van der Waals surface area contributed by atoms with E-state index in [0.717, 1.165) is 0 Å². The van der Waals surface area contributed by atoms with E-state index in [4.69, 9.17) is 4.74 Å². The van der Waals surface area contributed by atoms with Gasteiger partial charge < -0.3 is 4.74 Å². The quantitative estimate of drug-likeness (QED) is 0.801. The average molecular weight is 274 g/mol. The Balaban J connectivity index is 2.66. The molecule has 0 amide bonds. The number of carbonyl (C=O) groups excluding carboxylic acids is 1. The lowest BCUT2D eigenvalue weighted by molar-refractivity contribution is -0.144. The van der Waals surface area contributed by atoms with Crippen LogP contribution in [0.1, 0.15) is 32.4 Å². The Morgan fingerprint density at radius 3 is 2.55 bits per heavy atom. The Labute approximate surface area is 117 Å². The van der Waals surface area contributed by atoms with Crippen molar-refractivity contribution in [3.63, 3.8) is 0 Å². The number of nitrogens with zero attached hydrogens (tertiary/aromatic N) is 2. The normalized spacial score (nSPS) is 12.3. The zero-order valence-electron chi connectivity index (χ0n) is 11.9. The molecule has 1 atom stereocenters. The zero-order chi connectivity index (χ0) is 14.7. The van der Waals surface area contributed by atoms with Crippen LogP contribution in [0, 0.1) is 0 Å². The van der Waals surface area contributed by atoms with Crippen molar-refractivity contribution in [3.05, 3.63) is 40.3 Å². The summed E-state index contributed by atoms with van der Waals surface area (Å²) in [6, 6.07) is 7.21. The van der Waals surface area contributed by atoms with Gasteiger partial charge in [0.05, 0.1) is 23.6 Å². The number of hydrogen-bond acceptors (Lipinski definition) is 4. The first-order valence-corrected chi connectivity index (χ1v) is 6.76. The van der Waals surface area contributed by atoms with E-state index in [1.165, 1.54) is 4.68 Å². The van der Waals surface area contributed by atoms with Crippen LogP contribution in [-0.4, -0.2) is 22.4 Å². The Kier molecular flexibility index (Phi) is 4.17. The van der Waals surface area contributed by atoms with E-state index in [0.29, 0.717) is 29.6 Å². The van der Waals surface area contributed by atoms with Gasteiger partial charge in [0, 0.05) is 11.9 Å². The van der Waals surface area contributed by atoms with Crippen LogP contribution in [0.4, 0.5) is 0 Å². The lowest BCUT2D eigenvalue weighted by Gasteiger charge is -2.14. The van der Waals surface area contributed by atoms with Crippen LogP contribution in [0.25, 0.3) is 10.8 Å². The predicted molar refractivity (Wildman–Crippen MR) is 76.7 cm³/mol. The number of rotatable bonds is 4. The van der Waals surface area contributed by atoms with Gasteiger partial charge in [-0.25, -0.2) is 4.68 Å². The van der Waals surface area contributed by atoms with Crippen LogP contribution in [0.15, 0.2) is 29.1 Å². The SMILES string of the molecule is CCOC(=O)[C@@H](C)c1nn(CC)c(=O)c2ccccc12. The molecule has 0 aliphatic rings. The van der Waals surface area contributed by atoms with Crippen LogP contribution < -0.4 is 5.56 Å². The van der Waals surface area contributed by atoms with Crippen LogP contribution in [-0.2, 0) is 16.1 Å². The van der Waals surface area contributed by atoms with Gasteiger partial charge in [-0.1, -0.05) is 18.2 Å². The van der Waals surface area contributed by atoms with Gasteiger partial charge in [-0.15, -0.1) is 0 Å². The van der Waals surface area contributed by atoms with Crippen molar-refractivity contribution in [1.82, 2.24) is 9.78 Å². The molecule has 0 saturated carbocycles. The number of aromatic nitrogens is 2. The standard InChI is InChI=1S/C15H18N2O3/c1-4-17-14(18)12-9-7-6-8-11(12)13(16-17)10(3)15(19)20-5-2/h6-10H,4-5H2,1-3H3/t10-/m0/s1. The first-order valence-electron chi connectivity index (χ1n) is 6.76. The largest absolute Gasteiger partial charge is 0.465 e. The van der Waals surface area contributed by atoms with Crippen molar-refractivity contribution in [3.8, 4) is 0 Å². The molecule has 0 bridgehead atoms. The zero-order valence-corrected chi connectivity index (χ0v) is 11.9. The van der Waals surface area contributed by atoms with Crippen molar-refractivity contribution in [2.24, 2.45) is 0 Å². The number of aryl methyl sites for hydroxylation is 1. The Bertz CT molecular complexity index is 691. The molecule has 0 fully saturated rings. The number of ether oxygens (including phenoxy) is 1. The Morgan fingerprint density at radius 2 is 1.95 bits per heavy atom. The summed E-state index contributed by atoms with van der Waals surface area (Å²) in [6.45, 7) is 6.16. The maximum absolute atomic E-state index is 12.2. The maximum atomic E-state index is 12.2. The summed E-state index contributed by atoms with van der Waals surface area (Å²) >= 11 is 0. The molecule has 5 nitrogen and oxygen atoms in total. The third kappa shape index (κ3) is 2.43. The molecular formula is C15H18N2O3. The second-order valence-electron chi connectivity index (χ2n) is 4.53. The molecule has 1 aromatic carbocycles. The van der Waals surface area contributed by atoms with Gasteiger partial charge in [0.25, 0.3) is 5.56 Å². The summed E-state index contributed by atoms with van der Waals surface area (Å²) in [7, 11) is 0.